The first-order valence-corrected chi connectivity index (χ1v) is 10.1. The summed E-state index contributed by atoms with van der Waals surface area (Å²) in [4.78, 5) is 28.2. The predicted molar refractivity (Wildman–Crippen MR) is 110 cm³/mol. The van der Waals surface area contributed by atoms with Crippen molar-refractivity contribution in [3.05, 3.63) is 71.1 Å². The van der Waals surface area contributed by atoms with Crippen LogP contribution >= 0.6 is 11.3 Å². The topological polar surface area (TPSA) is 69.6 Å². The minimum Gasteiger partial charge on any atom is -0.395 e. The van der Waals surface area contributed by atoms with Gasteiger partial charge in [0, 0.05) is 24.3 Å². The Kier molecular flexibility index (Phi) is 5.15. The monoisotopic (exact) mass is 394 g/mol. The summed E-state index contributed by atoms with van der Waals surface area (Å²) in [5, 5.41) is 12.9. The predicted octanol–water partition coefficient (Wildman–Crippen LogP) is 2.69. The van der Waals surface area contributed by atoms with E-state index in [2.05, 4.69) is 5.32 Å². The van der Waals surface area contributed by atoms with E-state index < -0.39 is 5.41 Å². The lowest BCUT2D eigenvalue weighted by Crippen LogP contribution is -2.65. The van der Waals surface area contributed by atoms with Gasteiger partial charge in [0.15, 0.2) is 0 Å². The number of thiophene rings is 1. The molecular weight excluding hydrogens is 372 g/mol. The number of fused-ring (bicyclic) bond motifs is 1. The van der Waals surface area contributed by atoms with E-state index in [1.165, 1.54) is 11.3 Å². The van der Waals surface area contributed by atoms with Crippen LogP contribution < -0.4 is 5.32 Å². The maximum atomic E-state index is 12.9. The molecule has 2 N–H and O–H groups in total. The van der Waals surface area contributed by atoms with Gasteiger partial charge in [-0.3, -0.25) is 9.59 Å². The lowest BCUT2D eigenvalue weighted by molar-refractivity contribution is -0.139. The fourth-order valence-corrected chi connectivity index (χ4v) is 4.78. The van der Waals surface area contributed by atoms with Crippen LogP contribution in [0, 0.1) is 5.41 Å². The highest BCUT2D eigenvalue weighted by Gasteiger charge is 2.51. The highest BCUT2D eigenvalue weighted by atomic mass is 32.1. The van der Waals surface area contributed by atoms with Crippen LogP contribution in [-0.2, 0) is 11.2 Å². The standard InChI is InChI=1S/C22H22N2O3S/c25-11-10-23-21(27)22(13-16-6-2-1-3-7-16)14-24(15-22)20(26)19-12-17-8-4-5-9-18(17)28-19/h1-9,12,25H,10-11,13-15H2,(H,23,27). The van der Waals surface area contributed by atoms with Crippen LogP contribution in [0.25, 0.3) is 10.1 Å². The number of rotatable bonds is 6. The van der Waals surface area contributed by atoms with Gasteiger partial charge in [-0.2, -0.15) is 0 Å². The lowest BCUT2D eigenvalue weighted by Gasteiger charge is -2.48. The zero-order valence-electron chi connectivity index (χ0n) is 15.4. The van der Waals surface area contributed by atoms with Gasteiger partial charge in [0.05, 0.1) is 16.9 Å². The lowest BCUT2D eigenvalue weighted by atomic mass is 9.73. The Hall–Kier alpha value is -2.70. The third kappa shape index (κ3) is 3.53. The minimum absolute atomic E-state index is 0.0279. The van der Waals surface area contributed by atoms with Crippen molar-refractivity contribution in [2.24, 2.45) is 5.41 Å². The number of benzene rings is 2. The molecule has 1 aliphatic heterocycles. The molecule has 0 spiro atoms. The van der Waals surface area contributed by atoms with E-state index in [0.717, 1.165) is 15.6 Å². The van der Waals surface area contributed by atoms with E-state index >= 15 is 0 Å². The second kappa shape index (κ2) is 7.73. The molecule has 5 nitrogen and oxygen atoms in total. The number of nitrogens with one attached hydrogen (secondary N) is 1. The molecule has 0 atom stereocenters. The molecule has 1 saturated heterocycles. The Morgan fingerprint density at radius 1 is 1.07 bits per heavy atom. The highest BCUT2D eigenvalue weighted by Crippen LogP contribution is 2.37. The third-order valence-corrected chi connectivity index (χ3v) is 6.28. The summed E-state index contributed by atoms with van der Waals surface area (Å²) in [6, 6.07) is 19.7. The molecule has 6 heteroatoms. The summed E-state index contributed by atoms with van der Waals surface area (Å²) in [7, 11) is 0. The molecule has 144 valence electrons. The quantitative estimate of drug-likeness (QED) is 0.675. The molecule has 2 aromatic carbocycles. The number of carbonyl (C=O) groups excluding carboxylic acids is 2. The van der Waals surface area contributed by atoms with Crippen molar-refractivity contribution in [3.8, 4) is 0 Å². The number of hydrogen-bond donors (Lipinski definition) is 2. The minimum atomic E-state index is -0.650. The van der Waals surface area contributed by atoms with Crippen LogP contribution in [0.5, 0.6) is 0 Å². The highest BCUT2D eigenvalue weighted by molar-refractivity contribution is 7.20. The summed E-state index contributed by atoms with van der Waals surface area (Å²) >= 11 is 1.48. The Labute approximate surface area is 167 Å². The molecule has 1 aliphatic rings. The average Bonchev–Trinajstić information content (AvgIpc) is 3.13. The number of carbonyl (C=O) groups is 2. The molecule has 3 aromatic rings. The zero-order chi connectivity index (χ0) is 19.6. The summed E-state index contributed by atoms with van der Waals surface area (Å²) in [6.07, 6.45) is 0.571. The molecule has 28 heavy (non-hydrogen) atoms. The molecule has 1 fully saturated rings. The van der Waals surface area contributed by atoms with Crippen LogP contribution in [0.1, 0.15) is 15.2 Å². The zero-order valence-corrected chi connectivity index (χ0v) is 16.2. The van der Waals surface area contributed by atoms with Crippen molar-refractivity contribution < 1.29 is 14.7 Å². The molecular formula is C22H22N2O3S. The molecule has 0 radical (unpaired) electrons. The third-order valence-electron chi connectivity index (χ3n) is 5.17. The SMILES string of the molecule is O=C(c1cc2ccccc2s1)N1CC(Cc2ccccc2)(C(=O)NCCO)C1. The molecule has 1 aromatic heterocycles. The van der Waals surface area contributed by atoms with Gasteiger partial charge in [-0.25, -0.2) is 0 Å². The van der Waals surface area contributed by atoms with Crippen molar-refractivity contribution in [3.63, 3.8) is 0 Å². The smallest absolute Gasteiger partial charge is 0.264 e. The summed E-state index contributed by atoms with van der Waals surface area (Å²) in [5.74, 6) is -0.134. The van der Waals surface area contributed by atoms with Crippen molar-refractivity contribution in [1.29, 1.82) is 0 Å². The largest absolute Gasteiger partial charge is 0.395 e. The van der Waals surface area contributed by atoms with E-state index in [9.17, 15) is 9.59 Å². The maximum Gasteiger partial charge on any atom is 0.264 e. The molecule has 4 rings (SSSR count). The number of aliphatic hydroxyl groups excluding tert-OH is 1. The normalized spacial score (nSPS) is 15.2. The number of nitrogens with zero attached hydrogens (tertiary/aromatic N) is 1. The number of aliphatic hydroxyl groups is 1. The van der Waals surface area contributed by atoms with E-state index in [1.807, 2.05) is 60.7 Å². The van der Waals surface area contributed by atoms with Gasteiger partial charge in [0.1, 0.15) is 0 Å². The molecule has 0 bridgehead atoms. The van der Waals surface area contributed by atoms with Gasteiger partial charge in [-0.15, -0.1) is 11.3 Å². The van der Waals surface area contributed by atoms with E-state index in [-0.39, 0.29) is 25.0 Å². The van der Waals surface area contributed by atoms with Gasteiger partial charge in [-0.05, 0) is 29.5 Å². The van der Waals surface area contributed by atoms with Gasteiger partial charge in [0.25, 0.3) is 5.91 Å². The first kappa shape index (κ1) is 18.7. The van der Waals surface area contributed by atoms with E-state index in [4.69, 9.17) is 5.11 Å². The summed E-state index contributed by atoms with van der Waals surface area (Å²) in [5.41, 5.74) is 0.415. The Bertz CT molecular complexity index is 960. The summed E-state index contributed by atoms with van der Waals surface area (Å²) < 4.78 is 1.09. The first-order valence-electron chi connectivity index (χ1n) is 9.32. The van der Waals surface area contributed by atoms with Crippen molar-refractivity contribution in [2.75, 3.05) is 26.2 Å². The van der Waals surface area contributed by atoms with Gasteiger partial charge in [0.2, 0.25) is 5.91 Å². The van der Waals surface area contributed by atoms with Crippen LogP contribution in [0.2, 0.25) is 0 Å². The van der Waals surface area contributed by atoms with Crippen LogP contribution in [0.15, 0.2) is 60.7 Å². The Balaban J connectivity index is 1.52. The fourth-order valence-electron chi connectivity index (χ4n) is 3.75. The van der Waals surface area contributed by atoms with Crippen molar-refractivity contribution >= 4 is 33.2 Å². The average molecular weight is 394 g/mol. The van der Waals surface area contributed by atoms with E-state index in [0.29, 0.717) is 24.4 Å². The Morgan fingerprint density at radius 2 is 1.79 bits per heavy atom. The molecule has 0 aliphatic carbocycles. The molecule has 0 unspecified atom stereocenters. The molecule has 0 saturated carbocycles. The van der Waals surface area contributed by atoms with Crippen LogP contribution in [0.3, 0.4) is 0 Å². The van der Waals surface area contributed by atoms with Crippen LogP contribution in [-0.4, -0.2) is 48.1 Å². The van der Waals surface area contributed by atoms with Gasteiger partial charge < -0.3 is 15.3 Å². The van der Waals surface area contributed by atoms with Crippen molar-refractivity contribution in [2.45, 2.75) is 6.42 Å². The van der Waals surface area contributed by atoms with Crippen LogP contribution in [0.4, 0.5) is 0 Å². The second-order valence-electron chi connectivity index (χ2n) is 7.23. The van der Waals surface area contributed by atoms with E-state index in [1.54, 1.807) is 4.90 Å². The molecule has 2 heterocycles. The first-order chi connectivity index (χ1) is 13.6. The molecule has 2 amide bonds. The Morgan fingerprint density at radius 3 is 2.50 bits per heavy atom. The fraction of sp³-hybridized carbons (Fsp3) is 0.273. The number of hydrogen-bond acceptors (Lipinski definition) is 4. The van der Waals surface area contributed by atoms with Crippen molar-refractivity contribution in [1.82, 2.24) is 10.2 Å². The number of likely N-dealkylation sites (tertiary alicyclic amines) is 1. The van der Waals surface area contributed by atoms with Gasteiger partial charge >= 0.3 is 0 Å². The number of amides is 2. The summed E-state index contributed by atoms with van der Waals surface area (Å²) in [6.45, 7) is 0.885. The maximum absolute atomic E-state index is 12.9. The van der Waals surface area contributed by atoms with Gasteiger partial charge in [-0.1, -0.05) is 48.5 Å². The second-order valence-corrected chi connectivity index (χ2v) is 8.32.